The largest absolute Gasteiger partial charge is 0.282 e. The van der Waals surface area contributed by atoms with E-state index in [0.717, 1.165) is 11.3 Å². The zero-order valence-electron chi connectivity index (χ0n) is 10.9. The molecule has 0 spiro atoms. The van der Waals surface area contributed by atoms with E-state index in [1.54, 1.807) is 43.5 Å². The Morgan fingerprint density at radius 3 is 2.55 bits per heavy atom. The zero-order chi connectivity index (χ0) is 14.6. The summed E-state index contributed by atoms with van der Waals surface area (Å²) in [5.41, 5.74) is 2.18. The summed E-state index contributed by atoms with van der Waals surface area (Å²) in [5.74, 6) is 0. The van der Waals surface area contributed by atoms with E-state index in [2.05, 4.69) is 14.9 Å². The Labute approximate surface area is 117 Å². The molecule has 0 saturated carbocycles. The normalized spacial score (nSPS) is 12.6. The summed E-state index contributed by atoms with van der Waals surface area (Å²) in [6.07, 6.45) is 1.89. The maximum absolute atomic E-state index is 11.9. The van der Waals surface area contributed by atoms with Gasteiger partial charge in [0.25, 0.3) is 0 Å². The molecule has 0 amide bonds. The topological polar surface area (TPSA) is 98.6 Å². The van der Waals surface area contributed by atoms with Crippen molar-refractivity contribution in [1.29, 1.82) is 5.26 Å². The fourth-order valence-corrected chi connectivity index (χ4v) is 2.93. The second-order valence-electron chi connectivity index (χ2n) is 4.22. The predicted octanol–water partition coefficient (Wildman–Crippen LogP) is 2.12. The molecule has 2 rings (SSSR count). The van der Waals surface area contributed by atoms with Crippen LogP contribution < -0.4 is 4.72 Å². The standard InChI is InChI=1S/C13H14N4O2S/c1-2-12(9-14)20(18,19)17-11-5-3-10(4-6-11)13-7-8-15-16-13/h3-8,12,17H,2H2,1H3,(H,15,16). The maximum atomic E-state index is 11.9. The molecule has 0 aliphatic rings. The number of nitrogens with zero attached hydrogens (tertiary/aromatic N) is 2. The van der Waals surface area contributed by atoms with Crippen LogP contribution in [-0.4, -0.2) is 23.9 Å². The number of hydrogen-bond acceptors (Lipinski definition) is 4. The first kappa shape index (κ1) is 14.1. The second kappa shape index (κ2) is 5.75. The van der Waals surface area contributed by atoms with Gasteiger partial charge in [-0.3, -0.25) is 9.82 Å². The number of nitriles is 1. The SMILES string of the molecule is CCC(C#N)S(=O)(=O)Nc1ccc(-c2ccn[nH]2)cc1. The number of H-pyrrole nitrogens is 1. The van der Waals surface area contributed by atoms with E-state index >= 15 is 0 Å². The minimum atomic E-state index is -3.67. The predicted molar refractivity (Wildman–Crippen MR) is 76.3 cm³/mol. The van der Waals surface area contributed by atoms with Gasteiger partial charge in [0.15, 0.2) is 5.25 Å². The van der Waals surface area contributed by atoms with Gasteiger partial charge in [-0.2, -0.15) is 10.4 Å². The van der Waals surface area contributed by atoms with Crippen molar-refractivity contribution < 1.29 is 8.42 Å². The highest BCUT2D eigenvalue weighted by Crippen LogP contribution is 2.20. The van der Waals surface area contributed by atoms with Crippen LogP contribution in [0.15, 0.2) is 36.5 Å². The fourth-order valence-electron chi connectivity index (χ4n) is 1.75. The van der Waals surface area contributed by atoms with Crippen LogP contribution in [0.1, 0.15) is 13.3 Å². The molecule has 104 valence electrons. The highest BCUT2D eigenvalue weighted by atomic mass is 32.2. The molecule has 6 nitrogen and oxygen atoms in total. The lowest BCUT2D eigenvalue weighted by atomic mass is 10.1. The lowest BCUT2D eigenvalue weighted by molar-refractivity contribution is 0.593. The molecule has 1 atom stereocenters. The summed E-state index contributed by atoms with van der Waals surface area (Å²) < 4.78 is 26.3. The van der Waals surface area contributed by atoms with Gasteiger partial charge in [0.2, 0.25) is 10.0 Å². The molecule has 0 bridgehead atoms. The molecule has 1 aromatic heterocycles. The van der Waals surface area contributed by atoms with E-state index in [9.17, 15) is 8.42 Å². The Bertz CT molecular complexity index is 700. The Hall–Kier alpha value is -2.33. The number of aromatic amines is 1. The lowest BCUT2D eigenvalue weighted by Gasteiger charge is -2.11. The van der Waals surface area contributed by atoms with Crippen LogP contribution >= 0.6 is 0 Å². The lowest BCUT2D eigenvalue weighted by Crippen LogP contribution is -2.25. The van der Waals surface area contributed by atoms with Crippen molar-refractivity contribution in [3.63, 3.8) is 0 Å². The minimum Gasteiger partial charge on any atom is -0.282 e. The van der Waals surface area contributed by atoms with Gasteiger partial charge in [-0.05, 0) is 30.2 Å². The molecule has 1 aromatic carbocycles. The van der Waals surface area contributed by atoms with Crippen molar-refractivity contribution in [3.05, 3.63) is 36.5 Å². The van der Waals surface area contributed by atoms with E-state index in [0.29, 0.717) is 5.69 Å². The number of benzene rings is 1. The number of sulfonamides is 1. The first-order valence-corrected chi connectivity index (χ1v) is 7.62. The molecule has 1 unspecified atom stereocenters. The third kappa shape index (κ3) is 2.97. The molecule has 0 fully saturated rings. The summed E-state index contributed by atoms with van der Waals surface area (Å²) in [6.45, 7) is 1.66. The van der Waals surface area contributed by atoms with E-state index < -0.39 is 15.3 Å². The van der Waals surface area contributed by atoms with Crippen LogP contribution in [0.4, 0.5) is 5.69 Å². The van der Waals surface area contributed by atoms with Gasteiger partial charge in [-0.1, -0.05) is 19.1 Å². The molecule has 2 aromatic rings. The van der Waals surface area contributed by atoms with Gasteiger partial charge in [0.05, 0.1) is 11.8 Å². The Kier molecular flexibility index (Phi) is 4.05. The Morgan fingerprint density at radius 1 is 1.35 bits per heavy atom. The number of hydrogen-bond donors (Lipinski definition) is 2. The molecule has 0 saturated heterocycles. The Morgan fingerprint density at radius 2 is 2.05 bits per heavy atom. The summed E-state index contributed by atoms with van der Waals surface area (Å²) >= 11 is 0. The van der Waals surface area contributed by atoms with Gasteiger partial charge in [-0.15, -0.1) is 0 Å². The molecule has 1 heterocycles. The van der Waals surface area contributed by atoms with Gasteiger partial charge in [0.1, 0.15) is 0 Å². The smallest absolute Gasteiger partial charge is 0.249 e. The maximum Gasteiger partial charge on any atom is 0.249 e. The first-order chi connectivity index (χ1) is 9.56. The van der Waals surface area contributed by atoms with E-state index in [-0.39, 0.29) is 6.42 Å². The Balaban J connectivity index is 2.18. The average Bonchev–Trinajstić information content (AvgIpc) is 2.94. The summed E-state index contributed by atoms with van der Waals surface area (Å²) in [7, 11) is -3.67. The molecule has 20 heavy (non-hydrogen) atoms. The minimum absolute atomic E-state index is 0.248. The monoisotopic (exact) mass is 290 g/mol. The van der Waals surface area contributed by atoms with Crippen LogP contribution in [0, 0.1) is 11.3 Å². The third-order valence-electron chi connectivity index (χ3n) is 2.85. The van der Waals surface area contributed by atoms with Crippen LogP contribution in [0.3, 0.4) is 0 Å². The van der Waals surface area contributed by atoms with Crippen LogP contribution in [-0.2, 0) is 10.0 Å². The molecule has 0 radical (unpaired) electrons. The van der Waals surface area contributed by atoms with Gasteiger partial charge >= 0.3 is 0 Å². The van der Waals surface area contributed by atoms with Gasteiger partial charge in [0, 0.05) is 11.9 Å². The molecule has 2 N–H and O–H groups in total. The van der Waals surface area contributed by atoms with Gasteiger partial charge in [-0.25, -0.2) is 8.42 Å². The number of rotatable bonds is 5. The van der Waals surface area contributed by atoms with E-state index in [4.69, 9.17) is 5.26 Å². The molecule has 7 heteroatoms. The van der Waals surface area contributed by atoms with Crippen molar-refractivity contribution in [3.8, 4) is 17.3 Å². The second-order valence-corrected chi connectivity index (χ2v) is 6.08. The first-order valence-electron chi connectivity index (χ1n) is 6.08. The number of aromatic nitrogens is 2. The van der Waals surface area contributed by atoms with Crippen LogP contribution in [0.2, 0.25) is 0 Å². The fraction of sp³-hybridized carbons (Fsp3) is 0.231. The molecule has 0 aliphatic heterocycles. The van der Waals surface area contributed by atoms with E-state index in [1.807, 2.05) is 6.07 Å². The third-order valence-corrected chi connectivity index (χ3v) is 4.55. The highest BCUT2D eigenvalue weighted by Gasteiger charge is 2.23. The zero-order valence-corrected chi connectivity index (χ0v) is 11.7. The van der Waals surface area contributed by atoms with Crippen molar-refractivity contribution >= 4 is 15.7 Å². The molecule has 0 aliphatic carbocycles. The van der Waals surface area contributed by atoms with Crippen LogP contribution in [0.5, 0.6) is 0 Å². The molecular formula is C13H14N4O2S. The van der Waals surface area contributed by atoms with Crippen LogP contribution in [0.25, 0.3) is 11.3 Å². The number of anilines is 1. The van der Waals surface area contributed by atoms with Gasteiger partial charge < -0.3 is 0 Å². The number of nitrogens with one attached hydrogen (secondary N) is 2. The molecular weight excluding hydrogens is 276 g/mol. The summed E-state index contributed by atoms with van der Waals surface area (Å²) in [4.78, 5) is 0. The highest BCUT2D eigenvalue weighted by molar-refractivity contribution is 7.93. The quantitative estimate of drug-likeness (QED) is 0.881. The van der Waals surface area contributed by atoms with E-state index in [1.165, 1.54) is 0 Å². The summed E-state index contributed by atoms with van der Waals surface area (Å²) in [5, 5.41) is 14.5. The average molecular weight is 290 g/mol. The summed E-state index contributed by atoms with van der Waals surface area (Å²) in [6, 6.07) is 10.5. The van der Waals surface area contributed by atoms with Crippen molar-refractivity contribution in [1.82, 2.24) is 10.2 Å². The van der Waals surface area contributed by atoms with Crippen molar-refractivity contribution in [2.75, 3.05) is 4.72 Å². The van der Waals surface area contributed by atoms with Crippen molar-refractivity contribution in [2.45, 2.75) is 18.6 Å². The van der Waals surface area contributed by atoms with Crippen molar-refractivity contribution in [2.24, 2.45) is 0 Å².